The standard InChI is InChI=1S/C15H13BrF3N/c1-10-13(16)6-3-7-14(10)20-9-11-4-2-5-12(8-11)15(17,18)19/h2-8,20H,9H2,1H3. The predicted octanol–water partition coefficient (Wildman–Crippen LogP) is 5.39. The van der Waals surface area contributed by atoms with E-state index in [4.69, 9.17) is 0 Å². The van der Waals surface area contributed by atoms with E-state index in [0.29, 0.717) is 12.1 Å². The normalized spacial score (nSPS) is 11.4. The second-order valence-electron chi connectivity index (χ2n) is 4.46. The van der Waals surface area contributed by atoms with Crippen LogP contribution in [0.4, 0.5) is 18.9 Å². The summed E-state index contributed by atoms with van der Waals surface area (Å²) in [6.07, 6.45) is -4.30. The molecule has 0 radical (unpaired) electrons. The summed E-state index contributed by atoms with van der Waals surface area (Å²) in [7, 11) is 0. The Labute approximate surface area is 123 Å². The van der Waals surface area contributed by atoms with Crippen LogP contribution in [0.2, 0.25) is 0 Å². The van der Waals surface area contributed by atoms with Gasteiger partial charge in [-0.05, 0) is 42.3 Å². The van der Waals surface area contributed by atoms with Gasteiger partial charge in [-0.25, -0.2) is 0 Å². The van der Waals surface area contributed by atoms with Crippen molar-refractivity contribution in [3.05, 3.63) is 63.6 Å². The van der Waals surface area contributed by atoms with Crippen molar-refractivity contribution in [2.24, 2.45) is 0 Å². The number of hydrogen-bond donors (Lipinski definition) is 1. The van der Waals surface area contributed by atoms with E-state index >= 15 is 0 Å². The van der Waals surface area contributed by atoms with Gasteiger partial charge in [0.1, 0.15) is 0 Å². The summed E-state index contributed by atoms with van der Waals surface area (Å²) in [5.74, 6) is 0. The highest BCUT2D eigenvalue weighted by atomic mass is 79.9. The summed E-state index contributed by atoms with van der Waals surface area (Å²) in [6.45, 7) is 2.29. The van der Waals surface area contributed by atoms with Gasteiger partial charge in [-0.2, -0.15) is 13.2 Å². The van der Waals surface area contributed by atoms with Gasteiger partial charge in [-0.1, -0.05) is 34.1 Å². The highest BCUT2D eigenvalue weighted by Gasteiger charge is 2.30. The minimum Gasteiger partial charge on any atom is -0.381 e. The Hall–Kier alpha value is -1.49. The lowest BCUT2D eigenvalue weighted by Gasteiger charge is -2.12. The zero-order valence-corrected chi connectivity index (χ0v) is 12.3. The molecule has 0 amide bonds. The minimum atomic E-state index is -4.30. The Balaban J connectivity index is 2.13. The fourth-order valence-electron chi connectivity index (χ4n) is 1.85. The van der Waals surface area contributed by atoms with Crippen LogP contribution in [-0.2, 0) is 12.7 Å². The molecule has 0 saturated heterocycles. The fourth-order valence-corrected chi connectivity index (χ4v) is 2.22. The van der Waals surface area contributed by atoms with Crippen LogP contribution in [0.25, 0.3) is 0 Å². The van der Waals surface area contributed by atoms with E-state index < -0.39 is 11.7 Å². The largest absolute Gasteiger partial charge is 0.416 e. The third-order valence-electron chi connectivity index (χ3n) is 3.00. The van der Waals surface area contributed by atoms with Crippen molar-refractivity contribution in [2.75, 3.05) is 5.32 Å². The van der Waals surface area contributed by atoms with Crippen LogP contribution >= 0.6 is 15.9 Å². The van der Waals surface area contributed by atoms with Crippen LogP contribution < -0.4 is 5.32 Å². The molecule has 0 aliphatic heterocycles. The van der Waals surface area contributed by atoms with E-state index in [9.17, 15) is 13.2 Å². The number of hydrogen-bond acceptors (Lipinski definition) is 1. The van der Waals surface area contributed by atoms with Gasteiger partial charge in [-0.15, -0.1) is 0 Å². The molecule has 2 rings (SSSR count). The molecular weight excluding hydrogens is 331 g/mol. The zero-order valence-electron chi connectivity index (χ0n) is 10.8. The molecule has 0 aliphatic rings. The van der Waals surface area contributed by atoms with Crippen LogP contribution in [0, 0.1) is 6.92 Å². The van der Waals surface area contributed by atoms with Gasteiger partial charge < -0.3 is 5.32 Å². The molecule has 0 aromatic heterocycles. The summed E-state index contributed by atoms with van der Waals surface area (Å²) < 4.78 is 38.8. The van der Waals surface area contributed by atoms with E-state index in [-0.39, 0.29) is 0 Å². The number of anilines is 1. The number of nitrogens with one attached hydrogen (secondary N) is 1. The molecule has 0 aliphatic carbocycles. The first-order valence-electron chi connectivity index (χ1n) is 6.03. The summed E-state index contributed by atoms with van der Waals surface area (Å²) in [4.78, 5) is 0. The molecule has 0 heterocycles. The van der Waals surface area contributed by atoms with Gasteiger partial charge in [-0.3, -0.25) is 0 Å². The van der Waals surface area contributed by atoms with E-state index in [1.54, 1.807) is 6.07 Å². The monoisotopic (exact) mass is 343 g/mol. The van der Waals surface area contributed by atoms with Crippen LogP contribution in [-0.4, -0.2) is 0 Å². The summed E-state index contributed by atoms with van der Waals surface area (Å²) in [5.41, 5.74) is 1.90. The molecule has 0 spiro atoms. The average molecular weight is 344 g/mol. The number of benzene rings is 2. The second kappa shape index (κ2) is 5.87. The molecule has 0 atom stereocenters. The van der Waals surface area contributed by atoms with Crippen LogP contribution in [0.3, 0.4) is 0 Å². The lowest BCUT2D eigenvalue weighted by Crippen LogP contribution is -2.07. The van der Waals surface area contributed by atoms with E-state index in [1.165, 1.54) is 12.1 Å². The summed E-state index contributed by atoms with van der Waals surface area (Å²) >= 11 is 3.42. The molecule has 1 N–H and O–H groups in total. The Morgan fingerprint density at radius 2 is 1.80 bits per heavy atom. The first-order valence-corrected chi connectivity index (χ1v) is 6.82. The average Bonchev–Trinajstić information content (AvgIpc) is 2.40. The van der Waals surface area contributed by atoms with Crippen molar-refractivity contribution in [3.63, 3.8) is 0 Å². The molecule has 20 heavy (non-hydrogen) atoms. The van der Waals surface area contributed by atoms with Crippen molar-refractivity contribution >= 4 is 21.6 Å². The second-order valence-corrected chi connectivity index (χ2v) is 5.32. The third-order valence-corrected chi connectivity index (χ3v) is 3.86. The lowest BCUT2D eigenvalue weighted by molar-refractivity contribution is -0.137. The molecule has 106 valence electrons. The van der Waals surface area contributed by atoms with Crippen LogP contribution in [0.15, 0.2) is 46.9 Å². The van der Waals surface area contributed by atoms with Gasteiger partial charge >= 0.3 is 6.18 Å². The molecular formula is C15H13BrF3N. The lowest BCUT2D eigenvalue weighted by atomic mass is 10.1. The van der Waals surface area contributed by atoms with E-state index in [1.807, 2.05) is 25.1 Å². The van der Waals surface area contributed by atoms with Crippen molar-refractivity contribution in [2.45, 2.75) is 19.6 Å². The molecule has 1 nitrogen and oxygen atoms in total. The summed E-state index contributed by atoms with van der Waals surface area (Å²) in [6, 6.07) is 11.0. The van der Waals surface area contributed by atoms with Crippen LogP contribution in [0.1, 0.15) is 16.7 Å². The Morgan fingerprint density at radius 1 is 1.10 bits per heavy atom. The minimum absolute atomic E-state index is 0.348. The molecule has 2 aromatic carbocycles. The van der Waals surface area contributed by atoms with Gasteiger partial charge in [0.25, 0.3) is 0 Å². The molecule has 5 heteroatoms. The molecule has 0 bridgehead atoms. The number of rotatable bonds is 3. The Bertz CT molecular complexity index is 608. The molecule has 0 saturated carbocycles. The first kappa shape index (κ1) is 14.9. The van der Waals surface area contributed by atoms with E-state index in [2.05, 4.69) is 21.2 Å². The first-order chi connectivity index (χ1) is 9.38. The smallest absolute Gasteiger partial charge is 0.381 e. The maximum absolute atomic E-state index is 12.6. The maximum Gasteiger partial charge on any atom is 0.416 e. The van der Waals surface area contributed by atoms with Crippen molar-refractivity contribution in [1.82, 2.24) is 0 Å². The maximum atomic E-state index is 12.6. The summed E-state index contributed by atoms with van der Waals surface area (Å²) in [5, 5.41) is 3.15. The van der Waals surface area contributed by atoms with Crippen LogP contribution in [0.5, 0.6) is 0 Å². The Kier molecular flexibility index (Phi) is 4.38. The molecule has 0 unspecified atom stereocenters. The fraction of sp³-hybridized carbons (Fsp3) is 0.200. The molecule has 0 fully saturated rings. The Morgan fingerprint density at radius 3 is 2.50 bits per heavy atom. The number of alkyl halides is 3. The quantitative estimate of drug-likeness (QED) is 0.787. The van der Waals surface area contributed by atoms with Gasteiger partial charge in [0.05, 0.1) is 5.56 Å². The van der Waals surface area contributed by atoms with E-state index in [0.717, 1.165) is 21.8 Å². The third kappa shape index (κ3) is 3.54. The predicted molar refractivity (Wildman–Crippen MR) is 77.6 cm³/mol. The van der Waals surface area contributed by atoms with Gasteiger partial charge in [0, 0.05) is 16.7 Å². The zero-order chi connectivity index (χ0) is 14.8. The van der Waals surface area contributed by atoms with Crippen molar-refractivity contribution < 1.29 is 13.2 Å². The van der Waals surface area contributed by atoms with Gasteiger partial charge in [0.2, 0.25) is 0 Å². The van der Waals surface area contributed by atoms with Gasteiger partial charge in [0.15, 0.2) is 0 Å². The topological polar surface area (TPSA) is 12.0 Å². The highest BCUT2D eigenvalue weighted by Crippen LogP contribution is 2.30. The molecule has 2 aromatic rings. The van der Waals surface area contributed by atoms with Crippen molar-refractivity contribution in [1.29, 1.82) is 0 Å². The SMILES string of the molecule is Cc1c(Br)cccc1NCc1cccc(C(F)(F)F)c1. The number of halogens is 4. The van der Waals surface area contributed by atoms with Crippen molar-refractivity contribution in [3.8, 4) is 0 Å². The highest BCUT2D eigenvalue weighted by molar-refractivity contribution is 9.10.